The normalized spacial score (nSPS) is 11.2. The van der Waals surface area contributed by atoms with Crippen molar-refractivity contribution < 1.29 is 8.78 Å². The minimum absolute atomic E-state index is 0.00998. The number of fused-ring (bicyclic) bond motifs is 1. The number of anilines is 1. The number of aromatic nitrogens is 2. The number of nitrogen functional groups attached to an aromatic ring is 1. The van der Waals surface area contributed by atoms with Gasteiger partial charge in [0.05, 0.1) is 11.2 Å². The molecule has 2 N–H and O–H groups in total. The van der Waals surface area contributed by atoms with Crippen LogP contribution >= 0.6 is 27.5 Å². The van der Waals surface area contributed by atoms with Crippen LogP contribution in [-0.4, -0.2) is 9.55 Å². The van der Waals surface area contributed by atoms with Crippen LogP contribution in [0.15, 0.2) is 34.8 Å². The van der Waals surface area contributed by atoms with Gasteiger partial charge in [-0.15, -0.1) is 0 Å². The first kappa shape index (κ1) is 13.3. The van der Waals surface area contributed by atoms with Crippen molar-refractivity contribution in [2.24, 2.45) is 0 Å². The number of nitrogens with two attached hydrogens (primary N) is 1. The van der Waals surface area contributed by atoms with Crippen LogP contribution in [0.2, 0.25) is 5.02 Å². The summed E-state index contributed by atoms with van der Waals surface area (Å²) in [7, 11) is 0. The fourth-order valence-corrected chi connectivity index (χ4v) is 2.62. The monoisotopic (exact) mass is 357 g/mol. The molecule has 7 heteroatoms. The molecule has 20 heavy (non-hydrogen) atoms. The molecule has 102 valence electrons. The first-order valence-corrected chi connectivity index (χ1v) is 6.73. The van der Waals surface area contributed by atoms with Gasteiger partial charge in [-0.1, -0.05) is 11.6 Å². The molecule has 0 atom stereocenters. The maximum absolute atomic E-state index is 13.7. The van der Waals surface area contributed by atoms with Crippen LogP contribution in [0.5, 0.6) is 0 Å². The van der Waals surface area contributed by atoms with E-state index in [9.17, 15) is 8.78 Å². The van der Waals surface area contributed by atoms with Crippen molar-refractivity contribution in [3.63, 3.8) is 0 Å². The lowest BCUT2D eigenvalue weighted by Gasteiger charge is -2.09. The average molecular weight is 359 g/mol. The van der Waals surface area contributed by atoms with Gasteiger partial charge in [0.2, 0.25) is 5.95 Å². The van der Waals surface area contributed by atoms with Gasteiger partial charge in [-0.3, -0.25) is 4.57 Å². The van der Waals surface area contributed by atoms with E-state index >= 15 is 0 Å². The summed E-state index contributed by atoms with van der Waals surface area (Å²) in [6.07, 6.45) is 0. The molecule has 0 aliphatic heterocycles. The maximum atomic E-state index is 13.7. The number of hydrogen-bond acceptors (Lipinski definition) is 2. The lowest BCUT2D eigenvalue weighted by Crippen LogP contribution is -2.01. The summed E-state index contributed by atoms with van der Waals surface area (Å²) in [6.45, 7) is 0. The SMILES string of the molecule is Nc1nc2c(F)cc(F)cc2n1-c1cc(Cl)ccc1Br. The Morgan fingerprint density at radius 2 is 1.95 bits per heavy atom. The van der Waals surface area contributed by atoms with E-state index in [0.29, 0.717) is 15.2 Å². The highest BCUT2D eigenvalue weighted by molar-refractivity contribution is 9.10. The van der Waals surface area contributed by atoms with E-state index in [2.05, 4.69) is 20.9 Å². The van der Waals surface area contributed by atoms with Crippen LogP contribution in [0.4, 0.5) is 14.7 Å². The van der Waals surface area contributed by atoms with E-state index in [1.54, 1.807) is 18.2 Å². The van der Waals surface area contributed by atoms with E-state index in [4.69, 9.17) is 17.3 Å². The fourth-order valence-electron chi connectivity index (χ4n) is 2.03. The predicted molar refractivity (Wildman–Crippen MR) is 78.1 cm³/mol. The van der Waals surface area contributed by atoms with Crippen LogP contribution in [0.1, 0.15) is 0 Å². The summed E-state index contributed by atoms with van der Waals surface area (Å²) >= 11 is 9.31. The first-order chi connectivity index (χ1) is 9.47. The Bertz CT molecular complexity index is 832. The molecule has 0 aliphatic rings. The van der Waals surface area contributed by atoms with Crippen LogP contribution in [0, 0.1) is 11.6 Å². The summed E-state index contributed by atoms with van der Waals surface area (Å²) in [6, 6.07) is 6.98. The lowest BCUT2D eigenvalue weighted by atomic mass is 10.2. The second kappa shape index (κ2) is 4.71. The van der Waals surface area contributed by atoms with Gasteiger partial charge in [-0.05, 0) is 34.1 Å². The topological polar surface area (TPSA) is 43.8 Å². The number of hydrogen-bond donors (Lipinski definition) is 1. The molecule has 3 rings (SSSR count). The standard InChI is InChI=1S/C13H7BrClF2N3/c14-8-2-1-6(15)3-10(8)20-11-5-7(16)4-9(17)12(11)19-13(20)18/h1-5H,(H2,18,19). The van der Waals surface area contributed by atoms with Gasteiger partial charge in [0.15, 0.2) is 5.82 Å². The molecular formula is C13H7BrClF2N3. The number of halogens is 4. The minimum Gasteiger partial charge on any atom is -0.369 e. The molecule has 3 nitrogen and oxygen atoms in total. The minimum atomic E-state index is -0.761. The molecule has 0 unspecified atom stereocenters. The summed E-state index contributed by atoms with van der Waals surface area (Å²) in [5.74, 6) is -1.41. The molecule has 0 saturated heterocycles. The molecule has 0 radical (unpaired) electrons. The van der Waals surface area contributed by atoms with Crippen molar-refractivity contribution >= 4 is 44.5 Å². The van der Waals surface area contributed by atoms with Crippen LogP contribution in [0.25, 0.3) is 16.7 Å². The van der Waals surface area contributed by atoms with E-state index in [1.807, 2.05) is 0 Å². The highest BCUT2D eigenvalue weighted by Gasteiger charge is 2.16. The summed E-state index contributed by atoms with van der Waals surface area (Å²) in [4.78, 5) is 3.94. The molecule has 0 aliphatic carbocycles. The van der Waals surface area contributed by atoms with E-state index < -0.39 is 11.6 Å². The highest BCUT2D eigenvalue weighted by Crippen LogP contribution is 2.31. The van der Waals surface area contributed by atoms with Crippen molar-refractivity contribution in [1.29, 1.82) is 0 Å². The third-order valence-electron chi connectivity index (χ3n) is 2.85. The van der Waals surface area contributed by atoms with Gasteiger partial charge in [0, 0.05) is 21.6 Å². The molecule has 2 aromatic carbocycles. The molecular weight excluding hydrogens is 352 g/mol. The largest absolute Gasteiger partial charge is 0.369 e. The van der Waals surface area contributed by atoms with Crippen molar-refractivity contribution in [2.45, 2.75) is 0 Å². The lowest BCUT2D eigenvalue weighted by molar-refractivity contribution is 0.590. The Balaban J connectivity index is 2.42. The van der Waals surface area contributed by atoms with Crippen LogP contribution in [0.3, 0.4) is 0 Å². The molecule has 0 spiro atoms. The molecule has 0 amide bonds. The van der Waals surface area contributed by atoms with Gasteiger partial charge in [0.1, 0.15) is 11.3 Å². The molecule has 0 saturated carbocycles. The molecule has 0 bridgehead atoms. The van der Waals surface area contributed by atoms with Gasteiger partial charge in [0.25, 0.3) is 0 Å². The van der Waals surface area contributed by atoms with Gasteiger partial charge < -0.3 is 5.73 Å². The molecule has 1 aromatic heterocycles. The predicted octanol–water partition coefficient (Wildman–Crippen LogP) is 4.30. The van der Waals surface area contributed by atoms with E-state index in [1.165, 1.54) is 10.6 Å². The van der Waals surface area contributed by atoms with Crippen LogP contribution < -0.4 is 5.73 Å². The van der Waals surface area contributed by atoms with Crippen molar-refractivity contribution in [2.75, 3.05) is 5.73 Å². The van der Waals surface area contributed by atoms with Gasteiger partial charge in [-0.25, -0.2) is 13.8 Å². The van der Waals surface area contributed by atoms with Crippen LogP contribution in [-0.2, 0) is 0 Å². The van der Waals surface area contributed by atoms with Crippen molar-refractivity contribution in [3.8, 4) is 5.69 Å². The molecule has 1 heterocycles. The zero-order chi connectivity index (χ0) is 14.4. The van der Waals surface area contributed by atoms with Gasteiger partial charge >= 0.3 is 0 Å². The number of benzene rings is 2. The zero-order valence-corrected chi connectivity index (χ0v) is 12.2. The second-order valence-electron chi connectivity index (χ2n) is 4.16. The third kappa shape index (κ3) is 2.05. The Morgan fingerprint density at radius 3 is 2.70 bits per heavy atom. The van der Waals surface area contributed by atoms with Crippen molar-refractivity contribution in [1.82, 2.24) is 9.55 Å². The Kier molecular flexibility index (Phi) is 3.14. The van der Waals surface area contributed by atoms with Gasteiger partial charge in [-0.2, -0.15) is 0 Å². The Labute approximate surface area is 126 Å². The van der Waals surface area contributed by atoms with Crippen molar-refractivity contribution in [3.05, 3.63) is 51.5 Å². The quantitative estimate of drug-likeness (QED) is 0.705. The average Bonchev–Trinajstić information content (AvgIpc) is 2.69. The number of rotatable bonds is 1. The second-order valence-corrected chi connectivity index (χ2v) is 5.45. The fraction of sp³-hybridized carbons (Fsp3) is 0. The maximum Gasteiger partial charge on any atom is 0.206 e. The Morgan fingerprint density at radius 1 is 1.20 bits per heavy atom. The number of imidazole rings is 1. The smallest absolute Gasteiger partial charge is 0.206 e. The molecule has 3 aromatic rings. The van der Waals surface area contributed by atoms with E-state index in [-0.39, 0.29) is 17.0 Å². The zero-order valence-electron chi connectivity index (χ0n) is 9.87. The molecule has 0 fully saturated rings. The Hall–Kier alpha value is -1.66. The summed E-state index contributed by atoms with van der Waals surface area (Å²) in [5.41, 5.74) is 6.63. The first-order valence-electron chi connectivity index (χ1n) is 5.56. The third-order valence-corrected chi connectivity index (χ3v) is 3.76. The summed E-state index contributed by atoms with van der Waals surface area (Å²) in [5, 5.41) is 0.473. The summed E-state index contributed by atoms with van der Waals surface area (Å²) < 4.78 is 29.3. The number of nitrogens with zero attached hydrogens (tertiary/aromatic N) is 2. The van der Waals surface area contributed by atoms with E-state index in [0.717, 1.165) is 6.07 Å². The highest BCUT2D eigenvalue weighted by atomic mass is 79.9.